The van der Waals surface area contributed by atoms with Crippen LogP contribution in [-0.4, -0.2) is 48.7 Å². The van der Waals surface area contributed by atoms with Crippen molar-refractivity contribution in [2.24, 2.45) is 0 Å². The topological polar surface area (TPSA) is 109 Å². The van der Waals surface area contributed by atoms with Gasteiger partial charge in [-0.25, -0.2) is 10.2 Å². The Morgan fingerprint density at radius 1 is 1.05 bits per heavy atom. The van der Waals surface area contributed by atoms with E-state index in [4.69, 9.17) is 21.1 Å². The van der Waals surface area contributed by atoms with Gasteiger partial charge in [0.2, 0.25) is 5.91 Å². The first-order valence-corrected chi connectivity index (χ1v) is 14.2. The Morgan fingerprint density at radius 3 is 2.56 bits per heavy atom. The molecule has 1 heterocycles. The molecule has 9 nitrogen and oxygen atoms in total. The van der Waals surface area contributed by atoms with Crippen molar-refractivity contribution < 1.29 is 23.9 Å². The molecule has 1 aliphatic heterocycles. The van der Waals surface area contributed by atoms with E-state index >= 15 is 0 Å². The molecule has 2 aromatic rings. The van der Waals surface area contributed by atoms with Gasteiger partial charge in [0.1, 0.15) is 11.4 Å². The molecule has 222 valence electrons. The Bertz CT molecular complexity index is 1270. The lowest BCUT2D eigenvalue weighted by Crippen LogP contribution is -2.46. The molecule has 2 aromatic carbocycles. The first-order chi connectivity index (χ1) is 19.4. The van der Waals surface area contributed by atoms with Crippen LogP contribution in [0.25, 0.3) is 0 Å². The molecule has 1 aliphatic rings. The van der Waals surface area contributed by atoms with Crippen LogP contribution >= 0.6 is 11.6 Å². The number of carbonyl (C=O) groups excluding carboxylic acids is 3. The second-order valence-electron chi connectivity index (χ2n) is 11.1. The summed E-state index contributed by atoms with van der Waals surface area (Å²) in [6.07, 6.45) is 1.62. The summed E-state index contributed by atoms with van der Waals surface area (Å²) < 4.78 is 10.5. The standard InChI is InChI=1S/C31H41ClN4O5/c1-21-13-15-36(35-19-22-8-6-10-26(16-22)40-5)29(38)27(21)18-28(37)34-20-24-17-25(32)12-11-23(24)9-7-14-33-30(39)41-31(2,3)4/h6,8,10-12,16-17,35H,7,9,13-15,18-20H2,1-5H3,(H,33,39)(H,34,37). The molecule has 0 spiro atoms. The highest BCUT2D eigenvalue weighted by molar-refractivity contribution is 6.30. The summed E-state index contributed by atoms with van der Waals surface area (Å²) in [5.74, 6) is 0.329. The molecule has 3 rings (SSSR count). The first kappa shape index (κ1) is 32.0. The number of halogens is 1. The van der Waals surface area contributed by atoms with Gasteiger partial charge in [-0.05, 0) is 87.9 Å². The molecule has 0 saturated heterocycles. The molecule has 0 radical (unpaired) electrons. The highest BCUT2D eigenvalue weighted by Gasteiger charge is 2.27. The number of ether oxygens (including phenoxy) is 2. The monoisotopic (exact) mass is 584 g/mol. The summed E-state index contributed by atoms with van der Waals surface area (Å²) in [5, 5.41) is 7.86. The summed E-state index contributed by atoms with van der Waals surface area (Å²) in [6, 6.07) is 13.2. The number of hydrogen-bond acceptors (Lipinski definition) is 6. The largest absolute Gasteiger partial charge is 0.497 e. The third-order valence-electron chi connectivity index (χ3n) is 6.61. The van der Waals surface area contributed by atoms with Crippen LogP contribution in [-0.2, 0) is 33.8 Å². The SMILES string of the molecule is COc1cccc(CNN2CCC(C)=C(CC(=O)NCc3cc(Cl)ccc3CCCNC(=O)OC(C)(C)C)C2=O)c1. The molecule has 0 saturated carbocycles. The number of rotatable bonds is 12. The Balaban J connectivity index is 1.52. The molecule has 41 heavy (non-hydrogen) atoms. The van der Waals surface area contributed by atoms with E-state index in [2.05, 4.69) is 16.1 Å². The minimum Gasteiger partial charge on any atom is -0.497 e. The van der Waals surface area contributed by atoms with E-state index in [0.29, 0.717) is 49.5 Å². The van der Waals surface area contributed by atoms with E-state index in [-0.39, 0.29) is 24.8 Å². The predicted molar refractivity (Wildman–Crippen MR) is 159 cm³/mol. The number of nitrogens with one attached hydrogen (secondary N) is 3. The third kappa shape index (κ3) is 10.4. The van der Waals surface area contributed by atoms with Gasteiger partial charge < -0.3 is 20.1 Å². The van der Waals surface area contributed by atoms with Gasteiger partial charge in [-0.15, -0.1) is 0 Å². The zero-order valence-electron chi connectivity index (χ0n) is 24.6. The fourth-order valence-corrected chi connectivity index (χ4v) is 4.62. The van der Waals surface area contributed by atoms with Gasteiger partial charge in [0.25, 0.3) is 5.91 Å². The lowest BCUT2D eigenvalue weighted by Gasteiger charge is -2.30. The maximum Gasteiger partial charge on any atom is 0.407 e. The van der Waals surface area contributed by atoms with Crippen LogP contribution in [0.4, 0.5) is 4.79 Å². The van der Waals surface area contributed by atoms with Crippen molar-refractivity contribution in [3.8, 4) is 5.75 Å². The maximum absolute atomic E-state index is 13.2. The fourth-order valence-electron chi connectivity index (χ4n) is 4.43. The van der Waals surface area contributed by atoms with Gasteiger partial charge in [-0.3, -0.25) is 14.6 Å². The summed E-state index contributed by atoms with van der Waals surface area (Å²) in [6.45, 7) is 9.10. The van der Waals surface area contributed by atoms with Gasteiger partial charge in [0.05, 0.1) is 13.5 Å². The molecule has 0 unspecified atom stereocenters. The van der Waals surface area contributed by atoms with Crippen molar-refractivity contribution in [2.45, 2.75) is 72.1 Å². The quantitative estimate of drug-likeness (QED) is 0.301. The van der Waals surface area contributed by atoms with Gasteiger partial charge >= 0.3 is 6.09 Å². The van der Waals surface area contributed by atoms with Crippen LogP contribution in [0.5, 0.6) is 5.75 Å². The molecule has 0 bridgehead atoms. The number of benzene rings is 2. The molecule has 10 heteroatoms. The molecular weight excluding hydrogens is 544 g/mol. The normalized spacial score (nSPS) is 13.7. The van der Waals surface area contributed by atoms with Gasteiger partial charge in [-0.2, -0.15) is 0 Å². The average Bonchev–Trinajstić information content (AvgIpc) is 2.91. The van der Waals surface area contributed by atoms with Crippen molar-refractivity contribution in [1.29, 1.82) is 0 Å². The van der Waals surface area contributed by atoms with Crippen LogP contribution in [0.1, 0.15) is 63.6 Å². The summed E-state index contributed by atoms with van der Waals surface area (Å²) in [5.41, 5.74) is 6.98. The average molecular weight is 585 g/mol. The van der Waals surface area contributed by atoms with Crippen LogP contribution in [0, 0.1) is 0 Å². The van der Waals surface area contributed by atoms with Gasteiger partial charge in [-0.1, -0.05) is 35.4 Å². The van der Waals surface area contributed by atoms with E-state index in [1.807, 2.05) is 70.2 Å². The van der Waals surface area contributed by atoms with Crippen LogP contribution in [0.2, 0.25) is 5.02 Å². The van der Waals surface area contributed by atoms with Gasteiger partial charge in [0, 0.05) is 36.8 Å². The number of aryl methyl sites for hydroxylation is 1. The highest BCUT2D eigenvalue weighted by atomic mass is 35.5. The lowest BCUT2D eigenvalue weighted by atomic mass is 9.98. The fraction of sp³-hybridized carbons (Fsp3) is 0.452. The zero-order chi connectivity index (χ0) is 30.0. The Labute approximate surface area is 247 Å². The molecule has 0 aromatic heterocycles. The number of carbonyl (C=O) groups is 3. The number of nitrogens with zero attached hydrogens (tertiary/aromatic N) is 1. The zero-order valence-corrected chi connectivity index (χ0v) is 25.3. The first-order valence-electron chi connectivity index (χ1n) is 13.8. The number of alkyl carbamates (subject to hydrolysis) is 1. The van der Waals surface area contributed by atoms with Crippen LogP contribution in [0.3, 0.4) is 0 Å². The Kier molecular flexibility index (Phi) is 11.6. The van der Waals surface area contributed by atoms with Crippen molar-refractivity contribution in [1.82, 2.24) is 21.1 Å². The summed E-state index contributed by atoms with van der Waals surface area (Å²) in [7, 11) is 1.62. The molecule has 0 atom stereocenters. The van der Waals surface area contributed by atoms with Crippen LogP contribution in [0.15, 0.2) is 53.6 Å². The van der Waals surface area contributed by atoms with E-state index < -0.39 is 11.7 Å². The van der Waals surface area contributed by atoms with E-state index in [1.54, 1.807) is 12.1 Å². The summed E-state index contributed by atoms with van der Waals surface area (Å²) in [4.78, 5) is 38.0. The minimum atomic E-state index is -0.548. The Hall–Kier alpha value is -3.56. The number of hydrogen-bond donors (Lipinski definition) is 3. The molecular formula is C31H41ClN4O5. The predicted octanol–water partition coefficient (Wildman–Crippen LogP) is 5.07. The summed E-state index contributed by atoms with van der Waals surface area (Å²) >= 11 is 6.24. The molecule has 3 N–H and O–H groups in total. The Morgan fingerprint density at radius 2 is 1.83 bits per heavy atom. The maximum atomic E-state index is 13.2. The molecule has 0 fully saturated rings. The van der Waals surface area contributed by atoms with Gasteiger partial charge in [0.15, 0.2) is 0 Å². The van der Waals surface area contributed by atoms with E-state index in [1.165, 1.54) is 0 Å². The van der Waals surface area contributed by atoms with Crippen LogP contribution < -0.4 is 20.8 Å². The second-order valence-corrected chi connectivity index (χ2v) is 11.5. The number of amides is 3. The highest BCUT2D eigenvalue weighted by Crippen LogP contribution is 2.22. The van der Waals surface area contributed by atoms with Crippen molar-refractivity contribution >= 4 is 29.5 Å². The number of methoxy groups -OCH3 is 1. The minimum absolute atomic E-state index is 0.00227. The van der Waals surface area contributed by atoms with E-state index in [9.17, 15) is 14.4 Å². The van der Waals surface area contributed by atoms with Crippen molar-refractivity contribution in [3.05, 3.63) is 75.3 Å². The molecule has 3 amide bonds. The van der Waals surface area contributed by atoms with E-state index in [0.717, 1.165) is 28.0 Å². The smallest absolute Gasteiger partial charge is 0.407 e. The van der Waals surface area contributed by atoms with Crippen molar-refractivity contribution in [2.75, 3.05) is 20.2 Å². The third-order valence-corrected chi connectivity index (χ3v) is 6.84. The van der Waals surface area contributed by atoms with Crippen molar-refractivity contribution in [3.63, 3.8) is 0 Å². The molecule has 0 aliphatic carbocycles. The lowest BCUT2D eigenvalue weighted by molar-refractivity contribution is -0.132. The second kappa shape index (κ2) is 14.9. The number of hydrazine groups is 1.